The molecule has 3 heteroatoms. The van der Waals surface area contributed by atoms with Gasteiger partial charge in [0, 0.05) is 5.69 Å². The summed E-state index contributed by atoms with van der Waals surface area (Å²) < 4.78 is 0. The van der Waals surface area contributed by atoms with Crippen molar-refractivity contribution in [1.29, 1.82) is 0 Å². The summed E-state index contributed by atoms with van der Waals surface area (Å²) in [4.78, 5) is 11.5. The maximum atomic E-state index is 11.5. The van der Waals surface area contributed by atoms with Gasteiger partial charge in [-0.1, -0.05) is 32.9 Å². The van der Waals surface area contributed by atoms with Gasteiger partial charge in [-0.3, -0.25) is 4.79 Å². The minimum Gasteiger partial charge on any atom is -0.325 e. The molecular formula is C13H20N2O. The Morgan fingerprint density at radius 2 is 2.12 bits per heavy atom. The van der Waals surface area contributed by atoms with Crippen LogP contribution in [0.5, 0.6) is 0 Å². The molecule has 0 fully saturated rings. The number of benzene rings is 1. The number of rotatable bonds is 5. The highest BCUT2D eigenvalue weighted by Gasteiger charge is 2.03. The van der Waals surface area contributed by atoms with Gasteiger partial charge in [-0.15, -0.1) is 0 Å². The van der Waals surface area contributed by atoms with Crippen molar-refractivity contribution >= 4 is 11.6 Å². The highest BCUT2D eigenvalue weighted by molar-refractivity contribution is 5.92. The van der Waals surface area contributed by atoms with Crippen molar-refractivity contribution in [3.63, 3.8) is 0 Å². The van der Waals surface area contributed by atoms with E-state index in [-0.39, 0.29) is 5.91 Å². The third-order valence-corrected chi connectivity index (χ3v) is 2.37. The summed E-state index contributed by atoms with van der Waals surface area (Å²) in [6, 6.07) is 7.98. The first-order valence-corrected chi connectivity index (χ1v) is 5.74. The molecule has 0 bridgehead atoms. The van der Waals surface area contributed by atoms with E-state index in [4.69, 9.17) is 0 Å². The van der Waals surface area contributed by atoms with Crippen LogP contribution >= 0.6 is 0 Å². The molecule has 0 saturated heterocycles. The van der Waals surface area contributed by atoms with E-state index in [1.54, 1.807) is 0 Å². The standard InChI is InChI=1S/C13H20N2O/c1-4-14-9-13(16)15-12-7-5-6-11(8-12)10(2)3/h5-8,10,14H,4,9H2,1-3H3,(H,15,16). The summed E-state index contributed by atoms with van der Waals surface area (Å²) in [7, 11) is 0. The van der Waals surface area contributed by atoms with Crippen LogP contribution in [0.25, 0.3) is 0 Å². The highest BCUT2D eigenvalue weighted by Crippen LogP contribution is 2.18. The lowest BCUT2D eigenvalue weighted by Crippen LogP contribution is -2.27. The van der Waals surface area contributed by atoms with Crippen molar-refractivity contribution in [3.05, 3.63) is 29.8 Å². The summed E-state index contributed by atoms with van der Waals surface area (Å²) in [5, 5.41) is 5.86. The van der Waals surface area contributed by atoms with Crippen molar-refractivity contribution in [2.75, 3.05) is 18.4 Å². The van der Waals surface area contributed by atoms with Crippen LogP contribution in [-0.2, 0) is 4.79 Å². The van der Waals surface area contributed by atoms with Crippen LogP contribution in [0, 0.1) is 0 Å². The number of carbonyl (C=O) groups is 1. The molecule has 0 aromatic heterocycles. The van der Waals surface area contributed by atoms with E-state index in [1.807, 2.05) is 25.1 Å². The molecule has 1 rings (SSSR count). The van der Waals surface area contributed by atoms with E-state index in [1.165, 1.54) is 5.56 Å². The Labute approximate surface area is 97.2 Å². The molecule has 0 aliphatic rings. The SMILES string of the molecule is CCNCC(=O)Nc1cccc(C(C)C)c1. The summed E-state index contributed by atoms with van der Waals surface area (Å²) >= 11 is 0. The van der Waals surface area contributed by atoms with Crippen LogP contribution in [0.3, 0.4) is 0 Å². The zero-order valence-electron chi connectivity index (χ0n) is 10.2. The van der Waals surface area contributed by atoms with Crippen LogP contribution in [0.15, 0.2) is 24.3 Å². The molecule has 0 radical (unpaired) electrons. The number of carbonyl (C=O) groups excluding carboxylic acids is 1. The largest absolute Gasteiger partial charge is 0.325 e. The Morgan fingerprint density at radius 1 is 1.38 bits per heavy atom. The molecular weight excluding hydrogens is 200 g/mol. The predicted molar refractivity (Wildman–Crippen MR) is 67.7 cm³/mol. The number of anilines is 1. The predicted octanol–water partition coefficient (Wildman–Crippen LogP) is 2.36. The Kier molecular flexibility index (Phi) is 4.99. The van der Waals surface area contributed by atoms with Crippen molar-refractivity contribution in [1.82, 2.24) is 5.32 Å². The molecule has 2 N–H and O–H groups in total. The quantitative estimate of drug-likeness (QED) is 0.799. The first-order chi connectivity index (χ1) is 7.63. The number of hydrogen-bond acceptors (Lipinski definition) is 2. The van der Waals surface area contributed by atoms with Crippen LogP contribution < -0.4 is 10.6 Å². The van der Waals surface area contributed by atoms with E-state index in [0.29, 0.717) is 12.5 Å². The maximum absolute atomic E-state index is 11.5. The lowest BCUT2D eigenvalue weighted by molar-refractivity contribution is -0.115. The topological polar surface area (TPSA) is 41.1 Å². The monoisotopic (exact) mass is 220 g/mol. The van der Waals surface area contributed by atoms with Gasteiger partial charge in [0.15, 0.2) is 0 Å². The fourth-order valence-corrected chi connectivity index (χ4v) is 1.42. The van der Waals surface area contributed by atoms with Gasteiger partial charge < -0.3 is 10.6 Å². The molecule has 0 heterocycles. The molecule has 1 aromatic carbocycles. The van der Waals surface area contributed by atoms with E-state index < -0.39 is 0 Å². The fourth-order valence-electron chi connectivity index (χ4n) is 1.42. The smallest absolute Gasteiger partial charge is 0.238 e. The van der Waals surface area contributed by atoms with Gasteiger partial charge in [-0.25, -0.2) is 0 Å². The second kappa shape index (κ2) is 6.28. The third-order valence-electron chi connectivity index (χ3n) is 2.37. The van der Waals surface area contributed by atoms with Crippen LogP contribution in [-0.4, -0.2) is 19.0 Å². The Balaban J connectivity index is 2.59. The minimum absolute atomic E-state index is 0.00255. The third kappa shape index (κ3) is 4.03. The molecule has 0 spiro atoms. The average Bonchev–Trinajstić information content (AvgIpc) is 2.26. The molecule has 1 amide bonds. The van der Waals surface area contributed by atoms with Gasteiger partial charge in [-0.2, -0.15) is 0 Å². The average molecular weight is 220 g/mol. The number of hydrogen-bond donors (Lipinski definition) is 2. The van der Waals surface area contributed by atoms with E-state index in [9.17, 15) is 4.79 Å². The Morgan fingerprint density at radius 3 is 2.75 bits per heavy atom. The van der Waals surface area contributed by atoms with E-state index in [0.717, 1.165) is 12.2 Å². The molecule has 0 aliphatic heterocycles. The lowest BCUT2D eigenvalue weighted by atomic mass is 10.0. The molecule has 3 nitrogen and oxygen atoms in total. The van der Waals surface area contributed by atoms with Crippen molar-refractivity contribution in [3.8, 4) is 0 Å². The van der Waals surface area contributed by atoms with E-state index in [2.05, 4.69) is 30.5 Å². The highest BCUT2D eigenvalue weighted by atomic mass is 16.1. The number of nitrogens with one attached hydrogen (secondary N) is 2. The first kappa shape index (κ1) is 12.7. The summed E-state index contributed by atoms with van der Waals surface area (Å²) in [6.07, 6.45) is 0. The molecule has 0 aliphatic carbocycles. The molecule has 88 valence electrons. The van der Waals surface area contributed by atoms with Gasteiger partial charge in [-0.05, 0) is 30.2 Å². The maximum Gasteiger partial charge on any atom is 0.238 e. The van der Waals surface area contributed by atoms with Crippen LogP contribution in [0.1, 0.15) is 32.3 Å². The van der Waals surface area contributed by atoms with Gasteiger partial charge >= 0.3 is 0 Å². The van der Waals surface area contributed by atoms with Crippen LogP contribution in [0.2, 0.25) is 0 Å². The molecule has 16 heavy (non-hydrogen) atoms. The first-order valence-electron chi connectivity index (χ1n) is 5.74. The number of amides is 1. The summed E-state index contributed by atoms with van der Waals surface area (Å²) in [6.45, 7) is 7.42. The van der Waals surface area contributed by atoms with Crippen molar-refractivity contribution in [2.24, 2.45) is 0 Å². The fraction of sp³-hybridized carbons (Fsp3) is 0.462. The van der Waals surface area contributed by atoms with Crippen molar-refractivity contribution < 1.29 is 4.79 Å². The lowest BCUT2D eigenvalue weighted by Gasteiger charge is -2.09. The molecule has 0 saturated carbocycles. The zero-order chi connectivity index (χ0) is 12.0. The van der Waals surface area contributed by atoms with Crippen molar-refractivity contribution in [2.45, 2.75) is 26.7 Å². The molecule has 0 atom stereocenters. The second-order valence-corrected chi connectivity index (χ2v) is 4.11. The summed E-state index contributed by atoms with van der Waals surface area (Å²) in [5.41, 5.74) is 2.11. The summed E-state index contributed by atoms with van der Waals surface area (Å²) in [5.74, 6) is 0.480. The Hall–Kier alpha value is -1.35. The zero-order valence-corrected chi connectivity index (χ0v) is 10.2. The van der Waals surface area contributed by atoms with Gasteiger partial charge in [0.1, 0.15) is 0 Å². The van der Waals surface area contributed by atoms with Gasteiger partial charge in [0.2, 0.25) is 5.91 Å². The van der Waals surface area contributed by atoms with Crippen LogP contribution in [0.4, 0.5) is 5.69 Å². The molecule has 0 unspecified atom stereocenters. The normalized spacial score (nSPS) is 10.5. The minimum atomic E-state index is 0.00255. The van der Waals surface area contributed by atoms with Gasteiger partial charge in [0.25, 0.3) is 0 Å². The Bertz CT molecular complexity index is 348. The molecule has 1 aromatic rings. The van der Waals surface area contributed by atoms with Gasteiger partial charge in [0.05, 0.1) is 6.54 Å². The number of likely N-dealkylation sites (N-methyl/N-ethyl adjacent to an activating group) is 1. The van der Waals surface area contributed by atoms with E-state index >= 15 is 0 Å². The second-order valence-electron chi connectivity index (χ2n) is 4.11.